The van der Waals surface area contributed by atoms with Crippen LogP contribution in [0.2, 0.25) is 0 Å². The molecule has 0 fully saturated rings. The minimum atomic E-state index is 0.814. The molecule has 4 N–H and O–H groups in total. The molecular weight excluding hydrogens is 200 g/mol. The lowest BCUT2D eigenvalue weighted by molar-refractivity contribution is 1.64. The van der Waals surface area contributed by atoms with Crippen LogP contribution in [0, 0.1) is 0 Å². The standard InChI is InChI=1S/C9H10N2S2/c1-12-8-5-3-2-4-6(10)7(5)13-9(8)11/h2-4H,10-11H2,1H3. The van der Waals surface area contributed by atoms with Gasteiger partial charge in [-0.2, -0.15) is 0 Å². The maximum absolute atomic E-state index is 5.87. The van der Waals surface area contributed by atoms with Crippen LogP contribution in [0.15, 0.2) is 23.1 Å². The molecule has 0 saturated heterocycles. The first-order valence-corrected chi connectivity index (χ1v) is 5.88. The highest BCUT2D eigenvalue weighted by Crippen LogP contribution is 2.41. The molecule has 0 radical (unpaired) electrons. The summed E-state index contributed by atoms with van der Waals surface area (Å²) in [7, 11) is 0. The normalized spacial score (nSPS) is 10.8. The van der Waals surface area contributed by atoms with Crippen molar-refractivity contribution in [1.82, 2.24) is 0 Å². The summed E-state index contributed by atoms with van der Waals surface area (Å²) < 4.78 is 1.10. The van der Waals surface area contributed by atoms with E-state index in [0.29, 0.717) is 0 Å². The van der Waals surface area contributed by atoms with Crippen molar-refractivity contribution < 1.29 is 0 Å². The number of nitrogens with two attached hydrogens (primary N) is 2. The quantitative estimate of drug-likeness (QED) is 0.562. The van der Waals surface area contributed by atoms with E-state index in [1.54, 1.807) is 23.1 Å². The second kappa shape index (κ2) is 3.12. The van der Waals surface area contributed by atoms with Gasteiger partial charge in [-0.3, -0.25) is 0 Å². The van der Waals surface area contributed by atoms with E-state index in [-0.39, 0.29) is 0 Å². The Labute approximate surface area is 84.9 Å². The topological polar surface area (TPSA) is 52.0 Å². The molecule has 0 unspecified atom stereocenters. The number of thioether (sulfide) groups is 1. The van der Waals surface area contributed by atoms with Gasteiger partial charge in [0, 0.05) is 16.0 Å². The minimum absolute atomic E-state index is 0.814. The molecule has 1 heterocycles. The first-order valence-electron chi connectivity index (χ1n) is 3.84. The van der Waals surface area contributed by atoms with Gasteiger partial charge in [0.05, 0.1) is 4.70 Å². The van der Waals surface area contributed by atoms with Gasteiger partial charge in [0.15, 0.2) is 0 Å². The fourth-order valence-electron chi connectivity index (χ4n) is 1.35. The molecule has 0 saturated carbocycles. The van der Waals surface area contributed by atoms with Crippen molar-refractivity contribution in [2.45, 2.75) is 4.90 Å². The zero-order chi connectivity index (χ0) is 9.42. The van der Waals surface area contributed by atoms with Crippen LogP contribution in [0.5, 0.6) is 0 Å². The van der Waals surface area contributed by atoms with Gasteiger partial charge in [0.2, 0.25) is 0 Å². The lowest BCUT2D eigenvalue weighted by atomic mass is 10.2. The van der Waals surface area contributed by atoms with Crippen molar-refractivity contribution in [1.29, 1.82) is 0 Å². The third kappa shape index (κ3) is 1.26. The first-order chi connectivity index (χ1) is 6.24. The van der Waals surface area contributed by atoms with Gasteiger partial charge >= 0.3 is 0 Å². The molecule has 0 amide bonds. The van der Waals surface area contributed by atoms with E-state index in [9.17, 15) is 0 Å². The van der Waals surface area contributed by atoms with Crippen molar-refractivity contribution in [3.8, 4) is 0 Å². The van der Waals surface area contributed by atoms with E-state index in [0.717, 1.165) is 20.3 Å². The molecule has 2 nitrogen and oxygen atoms in total. The number of hydrogen-bond donors (Lipinski definition) is 2. The molecule has 0 atom stereocenters. The number of benzene rings is 1. The lowest BCUT2D eigenvalue weighted by Gasteiger charge is -1.96. The SMILES string of the molecule is CSc1c(N)sc2c(N)cccc12. The Balaban J connectivity index is 2.86. The number of anilines is 2. The maximum Gasteiger partial charge on any atom is 0.101 e. The van der Waals surface area contributed by atoms with Gasteiger partial charge in [0.1, 0.15) is 5.00 Å². The third-order valence-corrected chi connectivity index (χ3v) is 3.99. The summed E-state index contributed by atoms with van der Waals surface area (Å²) in [6.45, 7) is 0. The molecule has 2 aromatic rings. The van der Waals surface area contributed by atoms with Gasteiger partial charge in [-0.1, -0.05) is 12.1 Å². The fourth-order valence-corrected chi connectivity index (χ4v) is 3.27. The predicted molar refractivity (Wildman–Crippen MR) is 62.4 cm³/mol. The zero-order valence-electron chi connectivity index (χ0n) is 7.20. The van der Waals surface area contributed by atoms with E-state index in [1.807, 2.05) is 18.4 Å². The van der Waals surface area contributed by atoms with Crippen LogP contribution in [0.1, 0.15) is 0 Å². The van der Waals surface area contributed by atoms with Gasteiger partial charge in [-0.15, -0.1) is 23.1 Å². The molecule has 4 heteroatoms. The van der Waals surface area contributed by atoms with Crippen LogP contribution in [-0.4, -0.2) is 6.26 Å². The second-order valence-electron chi connectivity index (χ2n) is 2.72. The average Bonchev–Trinajstić information content (AvgIpc) is 2.43. The van der Waals surface area contributed by atoms with Crippen LogP contribution in [0.4, 0.5) is 10.7 Å². The lowest BCUT2D eigenvalue weighted by Crippen LogP contribution is -1.82. The van der Waals surface area contributed by atoms with Crippen LogP contribution in [-0.2, 0) is 0 Å². The van der Waals surface area contributed by atoms with E-state index in [2.05, 4.69) is 6.07 Å². The van der Waals surface area contributed by atoms with E-state index in [4.69, 9.17) is 11.5 Å². The van der Waals surface area contributed by atoms with Gasteiger partial charge in [0.25, 0.3) is 0 Å². The van der Waals surface area contributed by atoms with Crippen molar-refractivity contribution in [2.75, 3.05) is 17.7 Å². The van der Waals surface area contributed by atoms with Crippen LogP contribution in [0.25, 0.3) is 10.1 Å². The minimum Gasteiger partial charge on any atom is -0.398 e. The Morgan fingerprint density at radius 2 is 2.08 bits per heavy atom. The highest BCUT2D eigenvalue weighted by molar-refractivity contribution is 7.99. The third-order valence-electron chi connectivity index (χ3n) is 1.93. The molecule has 1 aromatic heterocycles. The molecule has 68 valence electrons. The summed E-state index contributed by atoms with van der Waals surface area (Å²) in [5, 5.41) is 2.04. The summed E-state index contributed by atoms with van der Waals surface area (Å²) in [5.41, 5.74) is 12.5. The molecule has 13 heavy (non-hydrogen) atoms. The summed E-state index contributed by atoms with van der Waals surface area (Å²) in [6.07, 6.45) is 2.03. The van der Waals surface area contributed by atoms with Crippen molar-refractivity contribution in [3.05, 3.63) is 18.2 Å². The Morgan fingerprint density at radius 1 is 1.31 bits per heavy atom. The van der Waals surface area contributed by atoms with Crippen molar-refractivity contribution >= 4 is 43.9 Å². The molecular formula is C9H10N2S2. The number of thiophene rings is 1. The van der Waals surface area contributed by atoms with Gasteiger partial charge in [-0.25, -0.2) is 0 Å². The summed E-state index contributed by atoms with van der Waals surface area (Å²) in [6, 6.07) is 5.93. The Bertz CT molecular complexity index is 448. The highest BCUT2D eigenvalue weighted by Gasteiger charge is 2.09. The molecule has 2 rings (SSSR count). The first kappa shape index (κ1) is 8.72. The summed E-state index contributed by atoms with van der Waals surface area (Å²) in [5.74, 6) is 0. The smallest absolute Gasteiger partial charge is 0.101 e. The van der Waals surface area contributed by atoms with E-state index in [1.165, 1.54) is 5.39 Å². The average molecular weight is 210 g/mol. The number of nitrogen functional groups attached to an aromatic ring is 2. The van der Waals surface area contributed by atoms with Gasteiger partial charge in [-0.05, 0) is 12.3 Å². The second-order valence-corrected chi connectivity index (χ2v) is 4.59. The molecule has 1 aromatic carbocycles. The van der Waals surface area contributed by atoms with E-state index >= 15 is 0 Å². The van der Waals surface area contributed by atoms with Gasteiger partial charge < -0.3 is 11.5 Å². The molecule has 0 aliphatic heterocycles. The Morgan fingerprint density at radius 3 is 2.77 bits per heavy atom. The van der Waals surface area contributed by atoms with Crippen molar-refractivity contribution in [2.24, 2.45) is 0 Å². The van der Waals surface area contributed by atoms with Crippen molar-refractivity contribution in [3.63, 3.8) is 0 Å². The summed E-state index contributed by atoms with van der Waals surface area (Å²) >= 11 is 3.23. The van der Waals surface area contributed by atoms with Crippen LogP contribution in [0.3, 0.4) is 0 Å². The number of hydrogen-bond acceptors (Lipinski definition) is 4. The number of fused-ring (bicyclic) bond motifs is 1. The Kier molecular flexibility index (Phi) is 2.09. The number of rotatable bonds is 1. The largest absolute Gasteiger partial charge is 0.398 e. The fraction of sp³-hybridized carbons (Fsp3) is 0.111. The van der Waals surface area contributed by atoms with Crippen LogP contribution >= 0.6 is 23.1 Å². The monoisotopic (exact) mass is 210 g/mol. The predicted octanol–water partition coefficient (Wildman–Crippen LogP) is 2.79. The molecule has 0 aliphatic carbocycles. The molecule has 0 bridgehead atoms. The molecule has 0 spiro atoms. The van der Waals surface area contributed by atoms with Crippen LogP contribution < -0.4 is 11.5 Å². The molecule has 0 aliphatic rings. The highest BCUT2D eigenvalue weighted by atomic mass is 32.2. The summed E-state index contributed by atoms with van der Waals surface area (Å²) in [4.78, 5) is 1.15. The zero-order valence-corrected chi connectivity index (χ0v) is 8.84. The maximum atomic E-state index is 5.87. The van der Waals surface area contributed by atoms with E-state index < -0.39 is 0 Å². The Hall–Kier alpha value is -0.870.